The molecule has 0 amide bonds. The molecule has 0 radical (unpaired) electrons. The Morgan fingerprint density at radius 1 is 1.07 bits per heavy atom. The minimum Gasteiger partial charge on any atom is -0.395 e. The third-order valence-electron chi connectivity index (χ3n) is 1.87. The molecule has 0 bridgehead atoms. The first-order valence-electron chi connectivity index (χ1n) is 4.37. The Morgan fingerprint density at radius 2 is 1.64 bits per heavy atom. The lowest BCUT2D eigenvalue weighted by Gasteiger charge is -2.19. The van der Waals surface area contributed by atoms with Gasteiger partial charge < -0.3 is 10.0 Å². The van der Waals surface area contributed by atoms with Gasteiger partial charge in [0, 0.05) is 6.54 Å². The molecule has 2 heterocycles. The van der Waals surface area contributed by atoms with Crippen LogP contribution in [0.2, 0.25) is 0 Å². The largest absolute Gasteiger partial charge is 0.395 e. The monoisotopic (exact) mass is 225 g/mol. The molecule has 14 heavy (non-hydrogen) atoms. The summed E-state index contributed by atoms with van der Waals surface area (Å²) in [5.41, 5.74) is 0. The van der Waals surface area contributed by atoms with Crippen LogP contribution in [-0.2, 0) is 0 Å². The SMILES string of the molecule is OCCN(c1cccs1)c1cccs1. The second-order valence-corrected chi connectivity index (χ2v) is 4.63. The van der Waals surface area contributed by atoms with E-state index in [9.17, 15) is 0 Å². The summed E-state index contributed by atoms with van der Waals surface area (Å²) in [6.07, 6.45) is 0. The smallest absolute Gasteiger partial charge is 0.0959 e. The molecule has 1 N–H and O–H groups in total. The fourth-order valence-corrected chi connectivity index (χ4v) is 2.87. The summed E-state index contributed by atoms with van der Waals surface area (Å²) in [5, 5.41) is 15.5. The molecule has 2 aromatic rings. The first-order valence-corrected chi connectivity index (χ1v) is 6.13. The highest BCUT2D eigenvalue weighted by Crippen LogP contribution is 2.32. The van der Waals surface area contributed by atoms with E-state index in [1.54, 1.807) is 22.7 Å². The van der Waals surface area contributed by atoms with Crippen LogP contribution in [0.15, 0.2) is 35.0 Å². The van der Waals surface area contributed by atoms with Crippen molar-refractivity contribution in [2.75, 3.05) is 18.1 Å². The molecule has 2 nitrogen and oxygen atoms in total. The van der Waals surface area contributed by atoms with Gasteiger partial charge in [-0.3, -0.25) is 0 Å². The zero-order valence-electron chi connectivity index (χ0n) is 7.59. The molecule has 0 aliphatic heterocycles. The summed E-state index contributed by atoms with van der Waals surface area (Å²) in [6.45, 7) is 0.830. The van der Waals surface area contributed by atoms with Crippen molar-refractivity contribution in [1.82, 2.24) is 0 Å². The highest BCUT2D eigenvalue weighted by molar-refractivity contribution is 7.16. The summed E-state index contributed by atoms with van der Waals surface area (Å²) < 4.78 is 0. The van der Waals surface area contributed by atoms with Crippen molar-refractivity contribution in [1.29, 1.82) is 0 Å². The highest BCUT2D eigenvalue weighted by atomic mass is 32.1. The quantitative estimate of drug-likeness (QED) is 0.864. The van der Waals surface area contributed by atoms with Gasteiger partial charge in [-0.15, -0.1) is 22.7 Å². The molecule has 0 aliphatic rings. The highest BCUT2D eigenvalue weighted by Gasteiger charge is 2.09. The van der Waals surface area contributed by atoms with Gasteiger partial charge in [0.15, 0.2) is 0 Å². The molecule has 2 aromatic heterocycles. The lowest BCUT2D eigenvalue weighted by atomic mass is 10.5. The van der Waals surface area contributed by atoms with Crippen molar-refractivity contribution in [3.8, 4) is 0 Å². The molecule has 0 aromatic carbocycles. The minimum atomic E-state index is 0.176. The normalized spacial score (nSPS) is 10.4. The van der Waals surface area contributed by atoms with Gasteiger partial charge in [0.1, 0.15) is 0 Å². The number of anilines is 2. The van der Waals surface area contributed by atoms with Crippen LogP contribution in [0.4, 0.5) is 10.0 Å². The zero-order valence-corrected chi connectivity index (χ0v) is 9.22. The number of aliphatic hydroxyl groups is 1. The van der Waals surface area contributed by atoms with Crippen molar-refractivity contribution >= 4 is 32.7 Å². The Hall–Kier alpha value is -0.840. The average molecular weight is 225 g/mol. The molecule has 0 saturated carbocycles. The topological polar surface area (TPSA) is 23.5 Å². The van der Waals surface area contributed by atoms with E-state index in [-0.39, 0.29) is 6.61 Å². The Bertz CT molecular complexity index is 321. The Kier molecular flexibility index (Phi) is 3.18. The maximum absolute atomic E-state index is 9.00. The van der Waals surface area contributed by atoms with Crippen LogP contribution in [0.5, 0.6) is 0 Å². The lowest BCUT2D eigenvalue weighted by Crippen LogP contribution is -2.18. The van der Waals surface area contributed by atoms with E-state index in [4.69, 9.17) is 5.11 Å². The summed E-state index contributed by atoms with van der Waals surface area (Å²) in [7, 11) is 0. The second-order valence-electron chi connectivity index (χ2n) is 2.78. The van der Waals surface area contributed by atoms with Gasteiger partial charge in [-0.25, -0.2) is 0 Å². The number of thiophene rings is 2. The maximum atomic E-state index is 9.00. The third-order valence-corrected chi connectivity index (χ3v) is 3.65. The van der Waals surface area contributed by atoms with Crippen LogP contribution in [0, 0.1) is 0 Å². The maximum Gasteiger partial charge on any atom is 0.0959 e. The van der Waals surface area contributed by atoms with E-state index >= 15 is 0 Å². The molecule has 0 unspecified atom stereocenters. The molecule has 0 atom stereocenters. The molecule has 0 spiro atoms. The van der Waals surface area contributed by atoms with Crippen molar-refractivity contribution in [2.24, 2.45) is 0 Å². The molecule has 0 aliphatic carbocycles. The van der Waals surface area contributed by atoms with Gasteiger partial charge in [-0.2, -0.15) is 0 Å². The van der Waals surface area contributed by atoms with E-state index in [2.05, 4.69) is 17.0 Å². The number of hydrogen-bond acceptors (Lipinski definition) is 4. The first kappa shape index (κ1) is 9.71. The number of hydrogen-bond donors (Lipinski definition) is 1. The standard InChI is InChI=1S/C10H11NOS2/c12-6-5-11(9-3-1-7-13-9)10-4-2-8-14-10/h1-4,7-8,12H,5-6H2. The predicted molar refractivity (Wildman–Crippen MR) is 62.7 cm³/mol. The Balaban J connectivity index is 2.25. The van der Waals surface area contributed by atoms with Crippen LogP contribution in [-0.4, -0.2) is 18.3 Å². The minimum absolute atomic E-state index is 0.176. The van der Waals surface area contributed by atoms with E-state index in [1.807, 2.05) is 22.9 Å². The van der Waals surface area contributed by atoms with Gasteiger partial charge >= 0.3 is 0 Å². The zero-order chi connectivity index (χ0) is 9.80. The third kappa shape index (κ3) is 1.97. The number of nitrogens with zero attached hydrogens (tertiary/aromatic N) is 1. The molecule has 0 saturated heterocycles. The first-order chi connectivity index (χ1) is 6.92. The van der Waals surface area contributed by atoms with Crippen molar-refractivity contribution in [3.05, 3.63) is 35.0 Å². The van der Waals surface area contributed by atoms with Crippen LogP contribution in [0.25, 0.3) is 0 Å². The van der Waals surface area contributed by atoms with Crippen LogP contribution in [0.1, 0.15) is 0 Å². The molecular formula is C10H11NOS2. The Labute approximate surface area is 91.1 Å². The van der Waals surface area contributed by atoms with E-state index in [1.165, 1.54) is 10.0 Å². The van der Waals surface area contributed by atoms with Gasteiger partial charge in [0.05, 0.1) is 16.6 Å². The molecular weight excluding hydrogens is 214 g/mol. The number of aliphatic hydroxyl groups excluding tert-OH is 1. The van der Waals surface area contributed by atoms with Gasteiger partial charge in [-0.05, 0) is 35.0 Å². The van der Waals surface area contributed by atoms with Gasteiger partial charge in [0.25, 0.3) is 0 Å². The molecule has 4 heteroatoms. The van der Waals surface area contributed by atoms with Crippen molar-refractivity contribution in [3.63, 3.8) is 0 Å². The van der Waals surface area contributed by atoms with E-state index < -0.39 is 0 Å². The van der Waals surface area contributed by atoms with E-state index in [0.29, 0.717) is 6.54 Å². The van der Waals surface area contributed by atoms with E-state index in [0.717, 1.165) is 0 Å². The summed E-state index contributed by atoms with van der Waals surface area (Å²) in [6, 6.07) is 8.19. The fraction of sp³-hybridized carbons (Fsp3) is 0.200. The predicted octanol–water partition coefficient (Wildman–Crippen LogP) is 2.94. The summed E-state index contributed by atoms with van der Waals surface area (Å²) in [4.78, 5) is 2.13. The van der Waals surface area contributed by atoms with Crippen molar-refractivity contribution in [2.45, 2.75) is 0 Å². The Morgan fingerprint density at radius 3 is 2.00 bits per heavy atom. The van der Waals surface area contributed by atoms with Crippen LogP contribution in [0.3, 0.4) is 0 Å². The van der Waals surface area contributed by atoms with Gasteiger partial charge in [0.2, 0.25) is 0 Å². The second kappa shape index (κ2) is 4.59. The summed E-state index contributed by atoms with van der Waals surface area (Å²) in [5.74, 6) is 0. The van der Waals surface area contributed by atoms with Crippen molar-refractivity contribution < 1.29 is 5.11 Å². The summed E-state index contributed by atoms with van der Waals surface area (Å²) >= 11 is 3.38. The average Bonchev–Trinajstić information content (AvgIpc) is 2.87. The van der Waals surface area contributed by atoms with Gasteiger partial charge in [-0.1, -0.05) is 0 Å². The van der Waals surface area contributed by atoms with Crippen LogP contribution < -0.4 is 4.90 Å². The van der Waals surface area contributed by atoms with Crippen LogP contribution >= 0.6 is 22.7 Å². The lowest BCUT2D eigenvalue weighted by molar-refractivity contribution is 0.306. The molecule has 74 valence electrons. The fourth-order valence-electron chi connectivity index (χ4n) is 1.28. The molecule has 0 fully saturated rings. The molecule has 2 rings (SSSR count). The number of rotatable bonds is 4.